The molecule has 1 aromatic rings. The number of ether oxygens (including phenoxy) is 1. The summed E-state index contributed by atoms with van der Waals surface area (Å²) in [5.41, 5.74) is 0.305. The number of hydrogen-bond donors (Lipinski definition) is 0. The molecule has 0 spiro atoms. The average Bonchev–Trinajstić information content (AvgIpc) is 3.32. The largest absolute Gasteiger partial charge is 0.453 e. The van der Waals surface area contributed by atoms with Crippen LogP contribution in [0.4, 0.5) is 5.69 Å². The Kier molecular flexibility index (Phi) is 2.36. The van der Waals surface area contributed by atoms with Crippen molar-refractivity contribution in [2.75, 3.05) is 0 Å². The van der Waals surface area contributed by atoms with Crippen LogP contribution in [0.2, 0.25) is 0 Å². The summed E-state index contributed by atoms with van der Waals surface area (Å²) < 4.78 is 6.49. The highest BCUT2D eigenvalue weighted by atomic mass is 79.9. The highest BCUT2D eigenvalue weighted by Gasteiger charge is 2.77. The van der Waals surface area contributed by atoms with Gasteiger partial charge in [0.1, 0.15) is 6.10 Å². The molecule has 2 fully saturated rings. The Balaban J connectivity index is 1.49. The molecule has 2 saturated carbocycles. The average molecular weight is 336 g/mol. The van der Waals surface area contributed by atoms with Crippen LogP contribution in [0.25, 0.3) is 0 Å². The van der Waals surface area contributed by atoms with E-state index in [-0.39, 0.29) is 11.8 Å². The van der Waals surface area contributed by atoms with Gasteiger partial charge in [-0.2, -0.15) is 0 Å². The molecule has 3 unspecified atom stereocenters. The highest BCUT2D eigenvalue weighted by Crippen LogP contribution is 2.78. The fraction of sp³-hybridized carbons (Fsp3) is 0.357. The number of fused-ring (bicyclic) bond motifs is 1. The summed E-state index contributed by atoms with van der Waals surface area (Å²) >= 11 is 3.47. The second-order valence-corrected chi connectivity index (χ2v) is 6.41. The molecule has 3 atom stereocenters. The number of allylic oxidation sites excluding steroid dienone is 1. The molecule has 6 heteroatoms. The molecule has 0 heterocycles. The monoisotopic (exact) mass is 335 g/mol. The zero-order valence-electron chi connectivity index (χ0n) is 10.2. The van der Waals surface area contributed by atoms with Gasteiger partial charge in [-0.1, -0.05) is 22.0 Å². The summed E-state index contributed by atoms with van der Waals surface area (Å²) in [5.74, 6) is 2.17. The van der Waals surface area contributed by atoms with E-state index in [4.69, 9.17) is 4.74 Å². The van der Waals surface area contributed by atoms with E-state index in [1.807, 2.05) is 0 Å². The Morgan fingerprint density at radius 3 is 2.45 bits per heavy atom. The van der Waals surface area contributed by atoms with Gasteiger partial charge < -0.3 is 4.74 Å². The van der Waals surface area contributed by atoms with Crippen LogP contribution in [0.15, 0.2) is 34.8 Å². The molecule has 0 radical (unpaired) electrons. The molecule has 20 heavy (non-hydrogen) atoms. The SMILES string of the molecule is O=C(OC1C(Br)=CC2C3C1C23)c1ccc([N+](=O)[O-])cc1. The predicted octanol–water partition coefficient (Wildman–Crippen LogP) is 2.90. The van der Waals surface area contributed by atoms with E-state index < -0.39 is 10.9 Å². The number of rotatable bonds is 3. The quantitative estimate of drug-likeness (QED) is 0.483. The molecule has 4 aliphatic rings. The number of benzene rings is 1. The zero-order chi connectivity index (χ0) is 14.0. The lowest BCUT2D eigenvalue weighted by molar-refractivity contribution is -0.384. The molecule has 0 aliphatic heterocycles. The van der Waals surface area contributed by atoms with Crippen LogP contribution in [0.3, 0.4) is 0 Å². The summed E-state index contributed by atoms with van der Waals surface area (Å²) in [7, 11) is 0. The van der Waals surface area contributed by atoms with E-state index in [9.17, 15) is 14.9 Å². The number of carbonyl (C=O) groups excluding carboxylic acids is 1. The summed E-state index contributed by atoms with van der Waals surface area (Å²) in [6, 6.07) is 5.48. The first-order valence-electron chi connectivity index (χ1n) is 6.40. The molecule has 5 nitrogen and oxygen atoms in total. The highest BCUT2D eigenvalue weighted by molar-refractivity contribution is 9.11. The van der Waals surface area contributed by atoms with Crippen LogP contribution >= 0.6 is 15.9 Å². The smallest absolute Gasteiger partial charge is 0.338 e. The standard InChI is InChI=1S/C14H10BrNO4/c15-9-5-8-10-11(8)12(10)13(9)20-14(17)6-1-3-7(4-2-6)16(18)19/h1-5,8,10-13H. The molecule has 4 aliphatic carbocycles. The fourth-order valence-electron chi connectivity index (χ4n) is 3.26. The van der Waals surface area contributed by atoms with Crippen molar-refractivity contribution in [1.29, 1.82) is 0 Å². The minimum Gasteiger partial charge on any atom is -0.453 e. The summed E-state index contributed by atoms with van der Waals surface area (Å²) in [6.07, 6.45) is 1.96. The molecule has 0 saturated heterocycles. The molecule has 102 valence electrons. The molecule has 0 N–H and O–H groups in total. The minimum absolute atomic E-state index is 0.0356. The van der Waals surface area contributed by atoms with E-state index >= 15 is 0 Å². The van der Waals surface area contributed by atoms with Gasteiger partial charge in [0.05, 0.1) is 10.5 Å². The number of carbonyl (C=O) groups is 1. The lowest BCUT2D eigenvalue weighted by atomic mass is 9.92. The Labute approximate surface area is 122 Å². The third kappa shape index (κ3) is 1.64. The number of nitro benzene ring substituents is 1. The van der Waals surface area contributed by atoms with Crippen LogP contribution in [0.5, 0.6) is 0 Å². The minimum atomic E-state index is -0.493. The van der Waals surface area contributed by atoms with Crippen LogP contribution in [0, 0.1) is 33.8 Å². The molecule has 0 amide bonds. The number of nitro groups is 1. The van der Waals surface area contributed by atoms with Gasteiger partial charge in [0, 0.05) is 22.5 Å². The first-order valence-corrected chi connectivity index (χ1v) is 7.20. The van der Waals surface area contributed by atoms with Gasteiger partial charge in [-0.25, -0.2) is 4.79 Å². The van der Waals surface area contributed by atoms with Gasteiger partial charge in [0.2, 0.25) is 0 Å². The number of halogens is 1. The van der Waals surface area contributed by atoms with Gasteiger partial charge >= 0.3 is 5.97 Å². The molecule has 5 rings (SSSR count). The van der Waals surface area contributed by atoms with Crippen molar-refractivity contribution in [2.24, 2.45) is 23.7 Å². The Morgan fingerprint density at radius 1 is 1.20 bits per heavy atom. The van der Waals surface area contributed by atoms with E-state index in [0.717, 1.165) is 4.48 Å². The van der Waals surface area contributed by atoms with Crippen molar-refractivity contribution in [3.8, 4) is 0 Å². The lowest BCUT2D eigenvalue weighted by Gasteiger charge is -2.26. The van der Waals surface area contributed by atoms with Crippen molar-refractivity contribution >= 4 is 27.6 Å². The molecular weight excluding hydrogens is 326 g/mol. The fourth-order valence-corrected chi connectivity index (χ4v) is 3.97. The van der Waals surface area contributed by atoms with Crippen LogP contribution in [-0.4, -0.2) is 17.0 Å². The first kappa shape index (κ1) is 12.1. The number of esters is 1. The summed E-state index contributed by atoms with van der Waals surface area (Å²) in [6.45, 7) is 0. The normalized spacial score (nSPS) is 35.6. The van der Waals surface area contributed by atoms with Crippen molar-refractivity contribution in [3.63, 3.8) is 0 Å². The van der Waals surface area contributed by atoms with Gasteiger partial charge in [-0.05, 0) is 29.9 Å². The number of non-ortho nitro benzene ring substituents is 1. The van der Waals surface area contributed by atoms with Crippen LogP contribution in [0.1, 0.15) is 10.4 Å². The van der Waals surface area contributed by atoms with E-state index in [2.05, 4.69) is 22.0 Å². The predicted molar refractivity (Wildman–Crippen MR) is 73.3 cm³/mol. The van der Waals surface area contributed by atoms with Crippen molar-refractivity contribution < 1.29 is 14.5 Å². The zero-order valence-corrected chi connectivity index (χ0v) is 11.8. The van der Waals surface area contributed by atoms with Crippen LogP contribution < -0.4 is 0 Å². The summed E-state index contributed by atoms with van der Waals surface area (Å²) in [4.78, 5) is 22.1. The molecule has 0 aromatic heterocycles. The van der Waals surface area contributed by atoms with Gasteiger partial charge in [0.15, 0.2) is 0 Å². The van der Waals surface area contributed by atoms with Crippen molar-refractivity contribution in [3.05, 3.63) is 50.5 Å². The van der Waals surface area contributed by atoms with Crippen molar-refractivity contribution in [2.45, 2.75) is 6.10 Å². The second kappa shape index (κ2) is 3.91. The third-order valence-corrected chi connectivity index (χ3v) is 5.18. The number of nitrogens with zero attached hydrogens (tertiary/aromatic N) is 1. The van der Waals surface area contributed by atoms with E-state index in [1.165, 1.54) is 24.3 Å². The maximum Gasteiger partial charge on any atom is 0.338 e. The van der Waals surface area contributed by atoms with Gasteiger partial charge in [-0.3, -0.25) is 10.1 Å². The van der Waals surface area contributed by atoms with Crippen LogP contribution in [-0.2, 0) is 4.74 Å². The second-order valence-electron chi connectivity index (χ2n) is 5.49. The van der Waals surface area contributed by atoms with E-state index in [1.54, 1.807) is 0 Å². The topological polar surface area (TPSA) is 69.4 Å². The molecule has 1 aromatic carbocycles. The van der Waals surface area contributed by atoms with E-state index in [0.29, 0.717) is 29.2 Å². The first-order chi connectivity index (χ1) is 9.58. The Morgan fingerprint density at radius 2 is 1.85 bits per heavy atom. The number of hydrogen-bond acceptors (Lipinski definition) is 4. The Bertz CT molecular complexity index is 644. The summed E-state index contributed by atoms with van der Waals surface area (Å²) in [5, 5.41) is 10.6. The molecule has 2 bridgehead atoms. The Hall–Kier alpha value is -1.69. The van der Waals surface area contributed by atoms with Gasteiger partial charge in [-0.15, -0.1) is 0 Å². The molecular formula is C14H10BrNO4. The van der Waals surface area contributed by atoms with Gasteiger partial charge in [0.25, 0.3) is 5.69 Å². The lowest BCUT2D eigenvalue weighted by Crippen LogP contribution is -2.29. The maximum absolute atomic E-state index is 12.1. The third-order valence-electron chi connectivity index (χ3n) is 4.46. The maximum atomic E-state index is 12.1. The van der Waals surface area contributed by atoms with Crippen molar-refractivity contribution in [1.82, 2.24) is 0 Å².